The van der Waals surface area contributed by atoms with Crippen molar-refractivity contribution in [2.75, 3.05) is 7.11 Å². The summed E-state index contributed by atoms with van der Waals surface area (Å²) in [4.78, 5) is 56.4. The molecule has 0 aliphatic rings. The topological polar surface area (TPSA) is 137 Å². The van der Waals surface area contributed by atoms with Gasteiger partial charge < -0.3 is 24.5 Å². The number of hydrogen-bond acceptors (Lipinski definition) is 8. The van der Waals surface area contributed by atoms with Crippen molar-refractivity contribution in [1.82, 2.24) is 15.3 Å². The fourth-order valence-corrected chi connectivity index (χ4v) is 2.89. The van der Waals surface area contributed by atoms with E-state index in [1.165, 1.54) is 12.1 Å². The Balaban J connectivity index is 1.84. The number of aromatic nitrogens is 2. The van der Waals surface area contributed by atoms with Gasteiger partial charge in [0, 0.05) is 0 Å². The van der Waals surface area contributed by atoms with Crippen molar-refractivity contribution >= 4 is 18.0 Å². The van der Waals surface area contributed by atoms with Gasteiger partial charge in [-0.2, -0.15) is 0 Å². The van der Waals surface area contributed by atoms with Crippen LogP contribution in [0, 0.1) is 0 Å². The number of rotatable bonds is 7. The van der Waals surface area contributed by atoms with Gasteiger partial charge in [0.05, 0.1) is 18.2 Å². The van der Waals surface area contributed by atoms with Crippen molar-refractivity contribution in [3.8, 4) is 5.75 Å². The lowest BCUT2D eigenvalue weighted by Gasteiger charge is -2.25. The molecule has 0 radical (unpaired) electrons. The highest BCUT2D eigenvalue weighted by Gasteiger charge is 2.31. The van der Waals surface area contributed by atoms with Crippen LogP contribution >= 0.6 is 0 Å². The smallest absolute Gasteiger partial charge is 0.408 e. The van der Waals surface area contributed by atoms with E-state index in [4.69, 9.17) is 14.2 Å². The first-order chi connectivity index (χ1) is 16.2. The minimum absolute atomic E-state index is 0.0362. The van der Waals surface area contributed by atoms with E-state index in [0.29, 0.717) is 0 Å². The molecule has 0 saturated carbocycles. The molecule has 3 aromatic rings. The second kappa shape index (κ2) is 10.4. The van der Waals surface area contributed by atoms with E-state index in [1.807, 2.05) is 18.2 Å². The summed E-state index contributed by atoms with van der Waals surface area (Å²) in [5.74, 6) is -2.54. The third-order valence-corrected chi connectivity index (χ3v) is 4.68. The fourth-order valence-electron chi connectivity index (χ4n) is 2.89. The maximum atomic E-state index is 12.8. The number of esters is 2. The molecule has 0 spiro atoms. The molecule has 10 heteroatoms. The molecule has 2 aromatic carbocycles. The summed E-state index contributed by atoms with van der Waals surface area (Å²) < 4.78 is 15.1. The van der Waals surface area contributed by atoms with Gasteiger partial charge in [0.15, 0.2) is 5.69 Å². The summed E-state index contributed by atoms with van der Waals surface area (Å²) in [7, 11) is 1.10. The lowest BCUT2D eigenvalue weighted by molar-refractivity contribution is 0.0583. The number of hydrogen-bond donors (Lipinski definition) is 2. The molecular weight excluding hydrogens is 442 g/mol. The molecule has 1 aromatic heterocycles. The SMILES string of the molecule is COC(=O)c1nc(C(C)(C)NC(=O)OCc2ccccc2)[nH]c(=O)c1OC(=O)c1ccccc1. The molecule has 1 heterocycles. The number of alkyl carbamates (subject to hydrolysis) is 1. The average Bonchev–Trinajstić information content (AvgIpc) is 2.84. The van der Waals surface area contributed by atoms with E-state index in [-0.39, 0.29) is 18.0 Å². The van der Waals surface area contributed by atoms with Crippen LogP contribution in [-0.4, -0.2) is 35.1 Å². The highest BCUT2D eigenvalue weighted by molar-refractivity contribution is 5.94. The van der Waals surface area contributed by atoms with E-state index in [2.05, 4.69) is 15.3 Å². The first-order valence-corrected chi connectivity index (χ1v) is 10.2. The van der Waals surface area contributed by atoms with Gasteiger partial charge in [0.25, 0.3) is 5.56 Å². The van der Waals surface area contributed by atoms with Gasteiger partial charge in [-0.15, -0.1) is 0 Å². The molecular formula is C24H23N3O7. The summed E-state index contributed by atoms with van der Waals surface area (Å²) in [5.41, 5.74) is -1.72. The molecule has 34 heavy (non-hydrogen) atoms. The number of benzene rings is 2. The summed E-state index contributed by atoms with van der Waals surface area (Å²) >= 11 is 0. The average molecular weight is 465 g/mol. The van der Waals surface area contributed by atoms with Crippen molar-refractivity contribution < 1.29 is 28.6 Å². The third kappa shape index (κ3) is 5.85. The third-order valence-electron chi connectivity index (χ3n) is 4.68. The van der Waals surface area contributed by atoms with Crippen LogP contribution in [0.2, 0.25) is 0 Å². The monoisotopic (exact) mass is 465 g/mol. The largest absolute Gasteiger partial charge is 0.464 e. The zero-order chi connectivity index (χ0) is 24.7. The Labute approximate surface area is 194 Å². The van der Waals surface area contributed by atoms with Crippen LogP contribution in [-0.2, 0) is 21.6 Å². The van der Waals surface area contributed by atoms with Gasteiger partial charge in [-0.05, 0) is 31.5 Å². The number of methoxy groups -OCH3 is 1. The molecule has 0 aliphatic carbocycles. The first-order valence-electron chi connectivity index (χ1n) is 10.2. The van der Waals surface area contributed by atoms with E-state index in [9.17, 15) is 19.2 Å². The standard InChI is InChI=1S/C24H23N3O7/c1-24(2,27-23(31)33-14-15-10-6-4-7-11-15)22-25-17(21(30)32-3)18(19(28)26-22)34-20(29)16-12-8-5-9-13-16/h4-13H,14H2,1-3H3,(H,27,31)(H,25,26,28). The summed E-state index contributed by atoms with van der Waals surface area (Å²) in [5, 5.41) is 2.59. The summed E-state index contributed by atoms with van der Waals surface area (Å²) in [6.07, 6.45) is -0.768. The van der Waals surface area contributed by atoms with Crippen LogP contribution in [0.1, 0.15) is 46.1 Å². The molecule has 0 aliphatic heterocycles. The normalized spacial score (nSPS) is 10.8. The van der Waals surface area contributed by atoms with Gasteiger partial charge in [-0.25, -0.2) is 19.4 Å². The Morgan fingerprint density at radius 1 is 0.971 bits per heavy atom. The quantitative estimate of drug-likeness (QED) is 0.508. The highest BCUT2D eigenvalue weighted by atomic mass is 16.6. The minimum atomic E-state index is -1.27. The molecule has 0 saturated heterocycles. The number of carbonyl (C=O) groups excluding carboxylic acids is 3. The maximum absolute atomic E-state index is 12.8. The lowest BCUT2D eigenvalue weighted by Crippen LogP contribution is -2.44. The minimum Gasteiger partial charge on any atom is -0.464 e. The Morgan fingerprint density at radius 3 is 2.21 bits per heavy atom. The van der Waals surface area contributed by atoms with Crippen LogP contribution < -0.4 is 15.6 Å². The lowest BCUT2D eigenvalue weighted by atomic mass is 10.0. The van der Waals surface area contributed by atoms with Crippen molar-refractivity contribution in [3.63, 3.8) is 0 Å². The van der Waals surface area contributed by atoms with E-state index in [0.717, 1.165) is 12.7 Å². The van der Waals surface area contributed by atoms with Crippen LogP contribution in [0.5, 0.6) is 5.75 Å². The zero-order valence-electron chi connectivity index (χ0n) is 18.8. The Hall–Kier alpha value is -4.47. The van der Waals surface area contributed by atoms with Crippen molar-refractivity contribution in [2.45, 2.75) is 26.0 Å². The van der Waals surface area contributed by atoms with Gasteiger partial charge in [0.1, 0.15) is 12.4 Å². The second-order valence-corrected chi connectivity index (χ2v) is 7.65. The number of nitrogens with one attached hydrogen (secondary N) is 2. The molecule has 0 fully saturated rings. The molecule has 0 atom stereocenters. The number of H-pyrrole nitrogens is 1. The van der Waals surface area contributed by atoms with Crippen LogP contribution in [0.3, 0.4) is 0 Å². The summed E-state index contributed by atoms with van der Waals surface area (Å²) in [6, 6.07) is 17.0. The van der Waals surface area contributed by atoms with Crippen molar-refractivity contribution in [1.29, 1.82) is 0 Å². The van der Waals surface area contributed by atoms with Gasteiger partial charge in [-0.3, -0.25) is 4.79 Å². The first kappa shape index (κ1) is 24.2. The maximum Gasteiger partial charge on any atom is 0.408 e. The van der Waals surface area contributed by atoms with Crippen LogP contribution in [0.15, 0.2) is 65.5 Å². The predicted octanol–water partition coefficient (Wildman–Crippen LogP) is 2.94. The molecule has 176 valence electrons. The molecule has 0 bridgehead atoms. The van der Waals surface area contributed by atoms with E-state index >= 15 is 0 Å². The van der Waals surface area contributed by atoms with Crippen molar-refractivity contribution in [3.05, 3.63) is 93.7 Å². The fraction of sp³-hybridized carbons (Fsp3) is 0.208. The molecule has 1 amide bonds. The summed E-state index contributed by atoms with van der Waals surface area (Å²) in [6.45, 7) is 3.13. The van der Waals surface area contributed by atoms with E-state index in [1.54, 1.807) is 44.2 Å². The van der Waals surface area contributed by atoms with Crippen molar-refractivity contribution in [2.24, 2.45) is 0 Å². The number of amides is 1. The Morgan fingerprint density at radius 2 is 1.59 bits per heavy atom. The van der Waals surface area contributed by atoms with Gasteiger partial charge >= 0.3 is 18.0 Å². The van der Waals surface area contributed by atoms with E-state index < -0.39 is 40.6 Å². The Bertz CT molecular complexity index is 1240. The number of nitrogens with zero attached hydrogens (tertiary/aromatic N) is 1. The molecule has 10 nitrogen and oxygen atoms in total. The number of ether oxygens (including phenoxy) is 3. The number of carbonyl (C=O) groups is 3. The van der Waals surface area contributed by atoms with Gasteiger partial charge in [-0.1, -0.05) is 48.5 Å². The zero-order valence-corrected chi connectivity index (χ0v) is 18.8. The molecule has 3 rings (SSSR count). The Kier molecular flexibility index (Phi) is 7.42. The highest BCUT2D eigenvalue weighted by Crippen LogP contribution is 2.20. The molecule has 0 unspecified atom stereocenters. The van der Waals surface area contributed by atoms with Crippen LogP contribution in [0.25, 0.3) is 0 Å². The number of aromatic amines is 1. The second-order valence-electron chi connectivity index (χ2n) is 7.65. The predicted molar refractivity (Wildman–Crippen MR) is 120 cm³/mol. The van der Waals surface area contributed by atoms with Gasteiger partial charge in [0.2, 0.25) is 5.75 Å². The molecule has 2 N–H and O–H groups in total. The van der Waals surface area contributed by atoms with Crippen LogP contribution in [0.4, 0.5) is 4.79 Å².